The summed E-state index contributed by atoms with van der Waals surface area (Å²) in [5, 5.41) is 0.661. The minimum Gasteiger partial charge on any atom is -0.467 e. The zero-order chi connectivity index (χ0) is 14.5. The highest BCUT2D eigenvalue weighted by Gasteiger charge is 2.17. The van der Waals surface area contributed by atoms with Gasteiger partial charge < -0.3 is 15.1 Å². The molecule has 0 aliphatic carbocycles. The van der Waals surface area contributed by atoms with Gasteiger partial charge in [0.15, 0.2) is 0 Å². The summed E-state index contributed by atoms with van der Waals surface area (Å²) in [5.41, 5.74) is 6.92. The molecule has 2 rings (SSSR count). The number of nitrogens with two attached hydrogens (primary N) is 1. The molecule has 0 saturated carbocycles. The zero-order valence-electron chi connectivity index (χ0n) is 11.7. The summed E-state index contributed by atoms with van der Waals surface area (Å²) in [6.07, 6.45) is 1.44. The average Bonchev–Trinajstić information content (AvgIpc) is 2.94. The van der Waals surface area contributed by atoms with E-state index in [1.165, 1.54) is 6.26 Å². The minimum atomic E-state index is -0.0872. The first-order chi connectivity index (χ1) is 9.65. The SMILES string of the molecule is CCN(Cc1ccccc1Cl)C(=O)c1coc(CN)c1.Cl. The summed E-state index contributed by atoms with van der Waals surface area (Å²) in [6, 6.07) is 9.19. The van der Waals surface area contributed by atoms with Crippen molar-refractivity contribution in [2.45, 2.75) is 20.0 Å². The predicted octanol–water partition coefficient (Wildman–Crippen LogP) is 3.48. The molecule has 0 spiro atoms. The third-order valence-corrected chi connectivity index (χ3v) is 3.46. The molecule has 0 atom stereocenters. The molecule has 1 aromatic heterocycles. The number of carbonyl (C=O) groups excluding carboxylic acids is 1. The van der Waals surface area contributed by atoms with Crippen LogP contribution in [0.15, 0.2) is 41.0 Å². The Balaban J connectivity index is 0.00000220. The number of furan rings is 1. The summed E-state index contributed by atoms with van der Waals surface area (Å²) in [5.74, 6) is 0.512. The Morgan fingerprint density at radius 1 is 1.38 bits per heavy atom. The second-order valence-electron chi connectivity index (χ2n) is 4.42. The lowest BCUT2D eigenvalue weighted by Gasteiger charge is -2.20. The molecule has 0 aliphatic rings. The van der Waals surface area contributed by atoms with Crippen molar-refractivity contribution in [2.75, 3.05) is 6.54 Å². The average molecular weight is 329 g/mol. The molecule has 0 aliphatic heterocycles. The summed E-state index contributed by atoms with van der Waals surface area (Å²) in [4.78, 5) is 14.1. The topological polar surface area (TPSA) is 59.5 Å². The Kier molecular flexibility index (Phi) is 6.75. The molecule has 0 fully saturated rings. The van der Waals surface area contributed by atoms with Crippen molar-refractivity contribution in [3.8, 4) is 0 Å². The van der Waals surface area contributed by atoms with Gasteiger partial charge in [0.1, 0.15) is 12.0 Å². The molecular weight excluding hydrogens is 311 g/mol. The first-order valence-electron chi connectivity index (χ1n) is 6.45. The van der Waals surface area contributed by atoms with Gasteiger partial charge in [-0.3, -0.25) is 4.79 Å². The molecule has 4 nitrogen and oxygen atoms in total. The Bertz CT molecular complexity index is 599. The molecule has 0 unspecified atom stereocenters. The minimum absolute atomic E-state index is 0. The van der Waals surface area contributed by atoms with Gasteiger partial charge in [-0.1, -0.05) is 29.8 Å². The van der Waals surface area contributed by atoms with Crippen molar-refractivity contribution < 1.29 is 9.21 Å². The van der Waals surface area contributed by atoms with E-state index in [0.29, 0.717) is 29.4 Å². The van der Waals surface area contributed by atoms with E-state index in [-0.39, 0.29) is 24.9 Å². The van der Waals surface area contributed by atoms with Crippen LogP contribution in [0.3, 0.4) is 0 Å². The van der Waals surface area contributed by atoms with Crippen molar-refractivity contribution in [3.05, 3.63) is 58.5 Å². The molecule has 0 bridgehead atoms. The van der Waals surface area contributed by atoms with Crippen molar-refractivity contribution in [1.29, 1.82) is 0 Å². The number of amides is 1. The molecule has 1 heterocycles. The molecule has 2 aromatic rings. The van der Waals surface area contributed by atoms with E-state index in [4.69, 9.17) is 21.8 Å². The van der Waals surface area contributed by atoms with Crippen LogP contribution >= 0.6 is 24.0 Å². The largest absolute Gasteiger partial charge is 0.467 e. The molecule has 114 valence electrons. The maximum atomic E-state index is 12.4. The fourth-order valence-corrected chi connectivity index (χ4v) is 2.14. The summed E-state index contributed by atoms with van der Waals surface area (Å²) < 4.78 is 5.20. The summed E-state index contributed by atoms with van der Waals surface area (Å²) >= 11 is 6.13. The monoisotopic (exact) mass is 328 g/mol. The third-order valence-electron chi connectivity index (χ3n) is 3.09. The second kappa shape index (κ2) is 8.08. The van der Waals surface area contributed by atoms with Gasteiger partial charge in [-0.2, -0.15) is 0 Å². The Hall–Kier alpha value is -1.49. The lowest BCUT2D eigenvalue weighted by Crippen LogP contribution is -2.30. The highest BCUT2D eigenvalue weighted by atomic mass is 35.5. The number of benzene rings is 1. The van der Waals surface area contributed by atoms with Gasteiger partial charge in [0.05, 0.1) is 12.1 Å². The molecule has 6 heteroatoms. The van der Waals surface area contributed by atoms with E-state index in [0.717, 1.165) is 5.56 Å². The molecular formula is C15H18Cl2N2O2. The maximum Gasteiger partial charge on any atom is 0.257 e. The van der Waals surface area contributed by atoms with Crippen LogP contribution in [0.25, 0.3) is 0 Å². The number of halogens is 2. The van der Waals surface area contributed by atoms with E-state index in [2.05, 4.69) is 0 Å². The number of nitrogens with zero attached hydrogens (tertiary/aromatic N) is 1. The Labute approximate surface area is 135 Å². The van der Waals surface area contributed by atoms with Crippen LogP contribution in [0.4, 0.5) is 0 Å². The predicted molar refractivity (Wildman–Crippen MR) is 85.7 cm³/mol. The molecule has 0 radical (unpaired) electrons. The molecule has 1 aromatic carbocycles. The summed E-state index contributed by atoms with van der Waals surface area (Å²) in [6.45, 7) is 3.27. The van der Waals surface area contributed by atoms with Crippen LogP contribution in [0, 0.1) is 0 Å². The van der Waals surface area contributed by atoms with E-state index in [1.54, 1.807) is 11.0 Å². The maximum absolute atomic E-state index is 12.4. The Morgan fingerprint density at radius 3 is 2.67 bits per heavy atom. The van der Waals surface area contributed by atoms with Gasteiger partial charge in [-0.05, 0) is 24.6 Å². The zero-order valence-corrected chi connectivity index (χ0v) is 13.3. The normalized spacial score (nSPS) is 10.0. The first-order valence-corrected chi connectivity index (χ1v) is 6.83. The molecule has 2 N–H and O–H groups in total. The number of rotatable bonds is 5. The van der Waals surface area contributed by atoms with E-state index in [9.17, 15) is 4.79 Å². The van der Waals surface area contributed by atoms with Crippen molar-refractivity contribution in [3.63, 3.8) is 0 Å². The highest BCUT2D eigenvalue weighted by molar-refractivity contribution is 6.31. The van der Waals surface area contributed by atoms with Crippen LogP contribution in [-0.4, -0.2) is 17.4 Å². The lowest BCUT2D eigenvalue weighted by molar-refractivity contribution is 0.0752. The summed E-state index contributed by atoms with van der Waals surface area (Å²) in [7, 11) is 0. The van der Waals surface area contributed by atoms with Crippen LogP contribution in [0.2, 0.25) is 5.02 Å². The van der Waals surface area contributed by atoms with Gasteiger partial charge in [-0.15, -0.1) is 12.4 Å². The second-order valence-corrected chi connectivity index (χ2v) is 4.82. The van der Waals surface area contributed by atoms with Crippen molar-refractivity contribution >= 4 is 29.9 Å². The van der Waals surface area contributed by atoms with E-state index < -0.39 is 0 Å². The van der Waals surface area contributed by atoms with Crippen LogP contribution in [0.1, 0.15) is 28.6 Å². The fraction of sp³-hybridized carbons (Fsp3) is 0.267. The number of hydrogen-bond donors (Lipinski definition) is 1. The van der Waals surface area contributed by atoms with E-state index >= 15 is 0 Å². The van der Waals surface area contributed by atoms with Gasteiger partial charge in [0.2, 0.25) is 0 Å². The number of carbonyl (C=O) groups is 1. The van der Waals surface area contributed by atoms with E-state index in [1.807, 2.05) is 31.2 Å². The molecule has 0 saturated heterocycles. The molecule has 21 heavy (non-hydrogen) atoms. The van der Waals surface area contributed by atoms with Gasteiger partial charge >= 0.3 is 0 Å². The molecule has 1 amide bonds. The smallest absolute Gasteiger partial charge is 0.257 e. The van der Waals surface area contributed by atoms with Crippen LogP contribution in [-0.2, 0) is 13.1 Å². The van der Waals surface area contributed by atoms with Crippen molar-refractivity contribution in [2.24, 2.45) is 5.73 Å². The first kappa shape index (κ1) is 17.6. The van der Waals surface area contributed by atoms with Gasteiger partial charge in [-0.25, -0.2) is 0 Å². The highest BCUT2D eigenvalue weighted by Crippen LogP contribution is 2.19. The van der Waals surface area contributed by atoms with Crippen LogP contribution in [0.5, 0.6) is 0 Å². The van der Waals surface area contributed by atoms with Gasteiger partial charge in [0.25, 0.3) is 5.91 Å². The van der Waals surface area contributed by atoms with Gasteiger partial charge in [0, 0.05) is 18.1 Å². The Morgan fingerprint density at radius 2 is 2.10 bits per heavy atom. The quantitative estimate of drug-likeness (QED) is 0.914. The van der Waals surface area contributed by atoms with Crippen LogP contribution < -0.4 is 5.73 Å². The standard InChI is InChI=1S/C15H17ClN2O2.ClH/c1-2-18(9-11-5-3-4-6-14(11)16)15(19)12-7-13(8-17)20-10-12;/h3-7,10H,2,8-9,17H2,1H3;1H. The lowest BCUT2D eigenvalue weighted by atomic mass is 10.2. The fourth-order valence-electron chi connectivity index (χ4n) is 1.94. The number of hydrogen-bond acceptors (Lipinski definition) is 3. The van der Waals surface area contributed by atoms with Crippen molar-refractivity contribution in [1.82, 2.24) is 4.90 Å². The third kappa shape index (κ3) is 4.24.